The summed E-state index contributed by atoms with van der Waals surface area (Å²) in [6.45, 7) is 2.23. The number of hydrogen-bond donors (Lipinski definition) is 1. The third-order valence-corrected chi connectivity index (χ3v) is 5.96. The van der Waals surface area contributed by atoms with E-state index < -0.39 is 0 Å². The molecule has 0 radical (unpaired) electrons. The SMILES string of the molecule is O=C(OCc1cc2c(cc1Br)OCCO2)C1CCN(C(=O)Nc2ccccc2)CC1. The molecular formula is C22H23BrN2O5. The zero-order chi connectivity index (χ0) is 20.9. The quantitative estimate of drug-likeness (QED) is 0.671. The Morgan fingerprint density at radius 3 is 2.43 bits per heavy atom. The van der Waals surface area contributed by atoms with E-state index in [-0.39, 0.29) is 24.5 Å². The Morgan fingerprint density at radius 1 is 1.07 bits per heavy atom. The minimum absolute atomic E-state index is 0.145. The Labute approximate surface area is 183 Å². The average molecular weight is 475 g/mol. The molecule has 30 heavy (non-hydrogen) atoms. The standard InChI is InChI=1S/C22H23BrN2O5/c23-18-13-20-19(28-10-11-29-20)12-16(18)14-30-21(26)15-6-8-25(9-7-15)22(27)24-17-4-2-1-3-5-17/h1-5,12-13,15H,6-11,14H2,(H,24,27). The molecule has 0 aromatic heterocycles. The number of likely N-dealkylation sites (tertiary alicyclic amines) is 1. The van der Waals surface area contributed by atoms with Gasteiger partial charge in [0, 0.05) is 28.8 Å². The lowest BCUT2D eigenvalue weighted by Gasteiger charge is -2.31. The summed E-state index contributed by atoms with van der Waals surface area (Å²) in [6, 6.07) is 12.9. The minimum atomic E-state index is -0.236. The molecule has 2 heterocycles. The summed E-state index contributed by atoms with van der Waals surface area (Å²) >= 11 is 3.49. The topological polar surface area (TPSA) is 77.1 Å². The highest BCUT2D eigenvalue weighted by Gasteiger charge is 2.28. The van der Waals surface area contributed by atoms with Crippen LogP contribution in [0, 0.1) is 5.92 Å². The van der Waals surface area contributed by atoms with Crippen LogP contribution in [-0.4, -0.2) is 43.2 Å². The average Bonchev–Trinajstić information content (AvgIpc) is 2.78. The molecule has 0 atom stereocenters. The van der Waals surface area contributed by atoms with Gasteiger partial charge in [-0.2, -0.15) is 0 Å². The number of carbonyl (C=O) groups excluding carboxylic acids is 2. The summed E-state index contributed by atoms with van der Waals surface area (Å²) in [7, 11) is 0. The van der Waals surface area contributed by atoms with Gasteiger partial charge in [-0.05, 0) is 37.1 Å². The molecule has 0 aliphatic carbocycles. The molecule has 2 aromatic carbocycles. The van der Waals surface area contributed by atoms with Gasteiger partial charge >= 0.3 is 12.0 Å². The Kier molecular flexibility index (Phi) is 6.42. The van der Waals surface area contributed by atoms with E-state index in [4.69, 9.17) is 14.2 Å². The van der Waals surface area contributed by atoms with Crippen molar-refractivity contribution in [1.82, 2.24) is 4.90 Å². The second kappa shape index (κ2) is 9.38. The molecule has 1 fully saturated rings. The van der Waals surface area contributed by atoms with Gasteiger partial charge in [-0.3, -0.25) is 4.79 Å². The maximum absolute atomic E-state index is 12.5. The van der Waals surface area contributed by atoms with Gasteiger partial charge in [0.05, 0.1) is 5.92 Å². The van der Waals surface area contributed by atoms with Crippen LogP contribution in [0.4, 0.5) is 10.5 Å². The summed E-state index contributed by atoms with van der Waals surface area (Å²) in [5.74, 6) is 0.902. The zero-order valence-corrected chi connectivity index (χ0v) is 18.0. The predicted molar refractivity (Wildman–Crippen MR) is 115 cm³/mol. The molecule has 158 valence electrons. The number of esters is 1. The van der Waals surface area contributed by atoms with E-state index in [1.807, 2.05) is 42.5 Å². The first-order valence-electron chi connectivity index (χ1n) is 9.96. The Bertz CT molecular complexity index is 913. The molecule has 0 saturated carbocycles. The number of amides is 2. The smallest absolute Gasteiger partial charge is 0.321 e. The molecule has 1 saturated heterocycles. The van der Waals surface area contributed by atoms with Crippen molar-refractivity contribution in [2.45, 2.75) is 19.4 Å². The molecule has 0 spiro atoms. The van der Waals surface area contributed by atoms with E-state index in [2.05, 4.69) is 21.2 Å². The summed E-state index contributed by atoms with van der Waals surface area (Å²) in [5.41, 5.74) is 1.58. The molecule has 7 nitrogen and oxygen atoms in total. The van der Waals surface area contributed by atoms with Crippen molar-refractivity contribution in [3.05, 3.63) is 52.5 Å². The third kappa shape index (κ3) is 4.87. The zero-order valence-electron chi connectivity index (χ0n) is 16.4. The molecule has 2 aromatic rings. The van der Waals surface area contributed by atoms with Crippen molar-refractivity contribution in [3.8, 4) is 11.5 Å². The van der Waals surface area contributed by atoms with Gasteiger partial charge in [0.2, 0.25) is 0 Å². The first kappa shape index (κ1) is 20.5. The van der Waals surface area contributed by atoms with Crippen LogP contribution in [0.15, 0.2) is 46.9 Å². The number of carbonyl (C=O) groups is 2. The fraction of sp³-hybridized carbons (Fsp3) is 0.364. The second-order valence-corrected chi connectivity index (χ2v) is 8.11. The summed E-state index contributed by atoms with van der Waals surface area (Å²) in [5, 5.41) is 2.88. The van der Waals surface area contributed by atoms with Gasteiger partial charge in [-0.1, -0.05) is 34.1 Å². The largest absolute Gasteiger partial charge is 0.486 e. The number of benzene rings is 2. The molecule has 1 N–H and O–H groups in total. The van der Waals surface area contributed by atoms with Crippen LogP contribution in [0.3, 0.4) is 0 Å². The number of urea groups is 1. The number of hydrogen-bond acceptors (Lipinski definition) is 5. The lowest BCUT2D eigenvalue weighted by atomic mass is 9.97. The van der Waals surface area contributed by atoms with Gasteiger partial charge in [-0.25, -0.2) is 4.79 Å². The molecular weight excluding hydrogens is 452 g/mol. The van der Waals surface area contributed by atoms with Crippen LogP contribution < -0.4 is 14.8 Å². The number of ether oxygens (including phenoxy) is 3. The number of fused-ring (bicyclic) bond motifs is 1. The van der Waals surface area contributed by atoms with E-state index >= 15 is 0 Å². The normalized spacial score (nSPS) is 16.1. The fourth-order valence-corrected chi connectivity index (χ4v) is 3.96. The van der Waals surface area contributed by atoms with Crippen LogP contribution in [0.2, 0.25) is 0 Å². The molecule has 0 unspecified atom stereocenters. The van der Waals surface area contributed by atoms with Crippen molar-refractivity contribution in [2.75, 3.05) is 31.6 Å². The molecule has 2 amide bonds. The van der Waals surface area contributed by atoms with E-state index in [1.54, 1.807) is 4.90 Å². The number of piperidine rings is 1. The number of nitrogens with zero attached hydrogens (tertiary/aromatic N) is 1. The van der Waals surface area contributed by atoms with Gasteiger partial charge in [0.25, 0.3) is 0 Å². The number of rotatable bonds is 4. The van der Waals surface area contributed by atoms with E-state index in [9.17, 15) is 9.59 Å². The Morgan fingerprint density at radius 2 is 1.73 bits per heavy atom. The lowest BCUT2D eigenvalue weighted by Crippen LogP contribution is -2.42. The third-order valence-electron chi connectivity index (χ3n) is 5.22. The van der Waals surface area contributed by atoms with Gasteiger partial charge < -0.3 is 24.4 Å². The number of para-hydroxylation sites is 1. The first-order valence-corrected chi connectivity index (χ1v) is 10.7. The van der Waals surface area contributed by atoms with Crippen molar-refractivity contribution < 1.29 is 23.8 Å². The van der Waals surface area contributed by atoms with Crippen LogP contribution in [-0.2, 0) is 16.1 Å². The van der Waals surface area contributed by atoms with Gasteiger partial charge in [-0.15, -0.1) is 0 Å². The van der Waals surface area contributed by atoms with Gasteiger partial charge in [0.1, 0.15) is 19.8 Å². The molecule has 0 bridgehead atoms. The molecule has 8 heteroatoms. The van der Waals surface area contributed by atoms with Crippen LogP contribution in [0.25, 0.3) is 0 Å². The number of nitrogens with one attached hydrogen (secondary N) is 1. The number of halogens is 1. The van der Waals surface area contributed by atoms with E-state index in [0.29, 0.717) is 50.6 Å². The van der Waals surface area contributed by atoms with Crippen LogP contribution in [0.5, 0.6) is 11.5 Å². The lowest BCUT2D eigenvalue weighted by molar-refractivity contribution is -0.151. The Hall–Kier alpha value is -2.74. The van der Waals surface area contributed by atoms with Crippen molar-refractivity contribution in [1.29, 1.82) is 0 Å². The summed E-state index contributed by atoms with van der Waals surface area (Å²) < 4.78 is 17.5. The maximum Gasteiger partial charge on any atom is 0.321 e. The van der Waals surface area contributed by atoms with E-state index in [1.165, 1.54) is 0 Å². The summed E-state index contributed by atoms with van der Waals surface area (Å²) in [4.78, 5) is 26.6. The minimum Gasteiger partial charge on any atom is -0.486 e. The second-order valence-electron chi connectivity index (χ2n) is 7.25. The fourth-order valence-electron chi connectivity index (χ4n) is 3.53. The highest BCUT2D eigenvalue weighted by Crippen LogP contribution is 2.36. The highest BCUT2D eigenvalue weighted by molar-refractivity contribution is 9.10. The first-order chi connectivity index (χ1) is 14.6. The van der Waals surface area contributed by atoms with Gasteiger partial charge in [0.15, 0.2) is 11.5 Å². The monoisotopic (exact) mass is 474 g/mol. The molecule has 2 aliphatic rings. The van der Waals surface area contributed by atoms with Crippen LogP contribution >= 0.6 is 15.9 Å². The van der Waals surface area contributed by atoms with E-state index in [0.717, 1.165) is 15.7 Å². The van der Waals surface area contributed by atoms with Crippen molar-refractivity contribution >= 4 is 33.6 Å². The molecule has 4 rings (SSSR count). The predicted octanol–water partition coefficient (Wildman–Crippen LogP) is 4.21. The van der Waals surface area contributed by atoms with Crippen molar-refractivity contribution in [2.24, 2.45) is 5.92 Å². The van der Waals surface area contributed by atoms with Crippen LogP contribution in [0.1, 0.15) is 18.4 Å². The Balaban J connectivity index is 1.26. The summed E-state index contributed by atoms with van der Waals surface area (Å²) in [6.07, 6.45) is 1.17. The number of anilines is 1. The maximum atomic E-state index is 12.5. The van der Waals surface area contributed by atoms with Crippen molar-refractivity contribution in [3.63, 3.8) is 0 Å². The molecule has 2 aliphatic heterocycles. The highest BCUT2D eigenvalue weighted by atomic mass is 79.9.